The summed E-state index contributed by atoms with van der Waals surface area (Å²) in [6.07, 6.45) is 9.52. The molecule has 2 radical (unpaired) electrons. The number of anilines is 8. The van der Waals surface area contributed by atoms with Crippen LogP contribution < -0.4 is 21.3 Å². The molecule has 0 bridgehead atoms. The van der Waals surface area contributed by atoms with Crippen LogP contribution in [0, 0.1) is 26.5 Å². The van der Waals surface area contributed by atoms with E-state index in [4.69, 9.17) is 0 Å². The zero-order chi connectivity index (χ0) is 30.1. The average molecular weight is 754 g/mol. The van der Waals surface area contributed by atoms with Crippen molar-refractivity contribution < 1.29 is 65.4 Å². The molecule has 2 heterocycles. The Balaban J connectivity index is 0.00000240. The van der Waals surface area contributed by atoms with Crippen molar-refractivity contribution >= 4 is 58.7 Å². The number of aromatic nitrogens is 6. The van der Waals surface area contributed by atoms with Gasteiger partial charge in [0.15, 0.2) is 0 Å². The Morgan fingerprint density at radius 2 is 0.804 bits per heavy atom. The summed E-state index contributed by atoms with van der Waals surface area (Å²) in [6.45, 7) is 4.14. The molecule has 0 saturated carbocycles. The molecule has 0 atom stereocenters. The third-order valence-corrected chi connectivity index (χ3v) is 6.60. The van der Waals surface area contributed by atoms with E-state index in [2.05, 4.69) is 114 Å². The fourth-order valence-corrected chi connectivity index (χ4v) is 4.38. The van der Waals surface area contributed by atoms with Crippen LogP contribution in [-0.4, -0.2) is 29.9 Å². The number of para-hydroxylation sites is 2. The molecular formula is C34H28N10Y2-2. The molecule has 0 amide bonds. The van der Waals surface area contributed by atoms with Gasteiger partial charge >= 0.3 is 0 Å². The molecule has 2 aromatic heterocycles. The minimum Gasteiger partial charge on any atom is -0.378 e. The standard InChI is InChI=1S/C34H28N10.2Y/c1-23-19-29(41-33-37-21-35-31(43-33)39-27-9-5-3-6-10-27)17-15-25(23)13-14-26-16-18-30(20-24(26)2)42-34-38-22-36-32(44-34)40-28-11-7-4-8-12-28;;/h3-20H,1-2H3,(H2,35,37,39,41,43)(H2,36,38,40,42,44);;/q-2;;/b14-13+;;. The van der Waals surface area contributed by atoms with Gasteiger partial charge in [-0.1, -0.05) is 60.7 Å². The summed E-state index contributed by atoms with van der Waals surface area (Å²) in [7, 11) is 0. The SMILES string of the molecule is Cc1cc(Nc2n[c-]nc(Nc3ccccc3)n2)ccc1/C=C/c1ccc(Nc2n[c-]nc(Nc3ccccc3)n2)cc1C.[Y].[Y]. The van der Waals surface area contributed by atoms with Gasteiger partial charge in [0.1, 0.15) is 23.8 Å². The first-order chi connectivity index (χ1) is 21.6. The fraction of sp³-hybridized carbons (Fsp3) is 0.0588. The molecule has 0 saturated heterocycles. The fourth-order valence-electron chi connectivity index (χ4n) is 4.38. The third-order valence-electron chi connectivity index (χ3n) is 6.60. The molecule has 222 valence electrons. The molecule has 46 heavy (non-hydrogen) atoms. The zero-order valence-electron chi connectivity index (χ0n) is 25.2. The Morgan fingerprint density at radius 1 is 0.457 bits per heavy atom. The zero-order valence-corrected chi connectivity index (χ0v) is 30.9. The first-order valence-corrected chi connectivity index (χ1v) is 13.9. The number of rotatable bonds is 10. The summed E-state index contributed by atoms with van der Waals surface area (Å²) >= 11 is 0. The number of nitrogens with one attached hydrogen (secondary N) is 4. The largest absolute Gasteiger partial charge is 0.378 e. The van der Waals surface area contributed by atoms with Gasteiger partial charge in [0.05, 0.1) is 0 Å². The summed E-state index contributed by atoms with van der Waals surface area (Å²) in [5.41, 5.74) is 7.93. The van der Waals surface area contributed by atoms with Crippen LogP contribution >= 0.6 is 0 Å². The van der Waals surface area contributed by atoms with Crippen molar-refractivity contribution in [2.75, 3.05) is 21.3 Å². The van der Waals surface area contributed by atoms with Gasteiger partial charge in [-0.05, 0) is 84.6 Å². The van der Waals surface area contributed by atoms with E-state index >= 15 is 0 Å². The van der Waals surface area contributed by atoms with Crippen LogP contribution in [-0.2, 0) is 65.4 Å². The van der Waals surface area contributed by atoms with Gasteiger partial charge in [0.25, 0.3) is 0 Å². The van der Waals surface area contributed by atoms with Gasteiger partial charge in [0.2, 0.25) is 0 Å². The van der Waals surface area contributed by atoms with Gasteiger partial charge in [-0.2, -0.15) is 0 Å². The Labute approximate surface area is 318 Å². The van der Waals surface area contributed by atoms with Crippen molar-refractivity contribution in [3.63, 3.8) is 0 Å². The van der Waals surface area contributed by atoms with E-state index in [-0.39, 0.29) is 65.4 Å². The van der Waals surface area contributed by atoms with E-state index in [1.165, 1.54) is 0 Å². The van der Waals surface area contributed by atoms with Crippen LogP contribution in [0.15, 0.2) is 97.1 Å². The van der Waals surface area contributed by atoms with Crippen LogP contribution in [0.1, 0.15) is 22.3 Å². The first-order valence-electron chi connectivity index (χ1n) is 13.9. The molecule has 12 heteroatoms. The quantitative estimate of drug-likeness (QED) is 0.0830. The topological polar surface area (TPSA) is 125 Å². The summed E-state index contributed by atoms with van der Waals surface area (Å²) in [5, 5.41) is 12.8. The minimum atomic E-state index is 0. The average Bonchev–Trinajstić information content (AvgIpc) is 3.03. The van der Waals surface area contributed by atoms with Crippen LogP contribution in [0.2, 0.25) is 0 Å². The second kappa shape index (κ2) is 17.1. The predicted octanol–water partition coefficient (Wildman–Crippen LogP) is 7.41. The van der Waals surface area contributed by atoms with Gasteiger partial charge in [-0.25, -0.2) is 0 Å². The molecule has 6 rings (SSSR count). The van der Waals surface area contributed by atoms with E-state index in [1.54, 1.807) is 0 Å². The Hall–Kier alpha value is -3.95. The van der Waals surface area contributed by atoms with Crippen molar-refractivity contribution in [3.05, 3.63) is 132 Å². The predicted molar refractivity (Wildman–Crippen MR) is 175 cm³/mol. The van der Waals surface area contributed by atoms with Crippen molar-refractivity contribution in [2.45, 2.75) is 13.8 Å². The van der Waals surface area contributed by atoms with Crippen molar-refractivity contribution in [1.82, 2.24) is 29.9 Å². The number of hydrogen-bond acceptors (Lipinski definition) is 10. The maximum absolute atomic E-state index is 4.45. The Morgan fingerprint density at radius 3 is 1.15 bits per heavy atom. The molecule has 10 nitrogen and oxygen atoms in total. The second-order valence-corrected chi connectivity index (χ2v) is 9.87. The molecule has 0 spiro atoms. The number of hydrogen-bond donors (Lipinski definition) is 4. The summed E-state index contributed by atoms with van der Waals surface area (Å²) < 4.78 is 0. The third kappa shape index (κ3) is 9.77. The molecule has 0 aliphatic heterocycles. The smallest absolute Gasteiger partial charge is 0.115 e. The van der Waals surface area contributed by atoms with E-state index in [0.717, 1.165) is 45.0 Å². The van der Waals surface area contributed by atoms with E-state index in [9.17, 15) is 0 Å². The maximum Gasteiger partial charge on any atom is 0.115 e. The Kier molecular flexibility index (Phi) is 13.0. The van der Waals surface area contributed by atoms with Crippen molar-refractivity contribution in [3.8, 4) is 0 Å². The molecule has 0 aliphatic rings. The number of aryl methyl sites for hydroxylation is 2. The van der Waals surface area contributed by atoms with Crippen LogP contribution in [0.25, 0.3) is 12.2 Å². The molecular weight excluding hydrogens is 726 g/mol. The monoisotopic (exact) mass is 754 g/mol. The number of nitrogens with zero attached hydrogens (tertiary/aromatic N) is 6. The first kappa shape index (κ1) is 34.9. The van der Waals surface area contributed by atoms with E-state index in [0.29, 0.717) is 23.8 Å². The molecule has 0 aliphatic carbocycles. The van der Waals surface area contributed by atoms with Crippen LogP contribution in [0.5, 0.6) is 0 Å². The summed E-state index contributed by atoms with van der Waals surface area (Å²) in [4.78, 5) is 25.3. The van der Waals surface area contributed by atoms with Gasteiger partial charge in [0, 0.05) is 101 Å². The molecule has 4 N–H and O–H groups in total. The van der Waals surface area contributed by atoms with E-state index in [1.807, 2.05) is 72.8 Å². The molecule has 4 aromatic carbocycles. The summed E-state index contributed by atoms with van der Waals surface area (Å²) in [5.74, 6) is 1.64. The van der Waals surface area contributed by atoms with Gasteiger partial charge in [-0.3, -0.25) is 0 Å². The van der Waals surface area contributed by atoms with E-state index < -0.39 is 0 Å². The van der Waals surface area contributed by atoms with Gasteiger partial charge in [-0.15, -0.1) is 0 Å². The van der Waals surface area contributed by atoms with Crippen LogP contribution in [0.4, 0.5) is 46.5 Å². The maximum atomic E-state index is 4.45. The molecule has 0 fully saturated rings. The van der Waals surface area contributed by atoms with Gasteiger partial charge < -0.3 is 51.2 Å². The Bertz CT molecular complexity index is 1770. The minimum absolute atomic E-state index is 0. The normalized spacial score (nSPS) is 10.4. The second-order valence-electron chi connectivity index (χ2n) is 9.87. The number of benzene rings is 4. The van der Waals surface area contributed by atoms with Crippen molar-refractivity contribution in [2.24, 2.45) is 0 Å². The molecule has 0 unspecified atom stereocenters. The van der Waals surface area contributed by atoms with Crippen molar-refractivity contribution in [1.29, 1.82) is 0 Å². The summed E-state index contributed by atoms with van der Waals surface area (Å²) in [6, 6.07) is 31.7. The van der Waals surface area contributed by atoms with Crippen LogP contribution in [0.3, 0.4) is 0 Å². The molecule has 6 aromatic rings.